The summed E-state index contributed by atoms with van der Waals surface area (Å²) in [5.41, 5.74) is 4.45. The molecule has 3 rings (SSSR count). The third-order valence-electron chi connectivity index (χ3n) is 4.35. The van der Waals surface area contributed by atoms with Crippen LogP contribution in [0.4, 0.5) is 0 Å². The molecule has 7 heteroatoms. The Morgan fingerprint density at radius 2 is 1.47 bits per heavy atom. The fourth-order valence-corrected chi connectivity index (χ4v) is 2.89. The molecule has 2 amide bonds. The average Bonchev–Trinajstić information content (AvgIpc) is 2.76. The van der Waals surface area contributed by atoms with Crippen LogP contribution in [0.1, 0.15) is 22.6 Å². The van der Waals surface area contributed by atoms with Crippen molar-refractivity contribution in [2.75, 3.05) is 6.54 Å². The van der Waals surface area contributed by atoms with Gasteiger partial charge < -0.3 is 15.5 Å². The number of aromatic hydroxyl groups is 2. The lowest BCUT2D eigenvalue weighted by Gasteiger charge is -2.17. The van der Waals surface area contributed by atoms with Crippen molar-refractivity contribution in [3.8, 4) is 11.5 Å². The Morgan fingerprint density at radius 1 is 0.867 bits per heavy atom. The minimum Gasteiger partial charge on any atom is -0.504 e. The predicted octanol–water partition coefficient (Wildman–Crippen LogP) is 2.50. The minimum absolute atomic E-state index is 0.243. The van der Waals surface area contributed by atoms with Crippen LogP contribution in [0.2, 0.25) is 0 Å². The third-order valence-corrected chi connectivity index (χ3v) is 4.35. The van der Waals surface area contributed by atoms with E-state index in [0.717, 1.165) is 11.1 Å². The zero-order chi connectivity index (χ0) is 21.3. The molecule has 0 aliphatic rings. The molecule has 3 aromatic rings. The van der Waals surface area contributed by atoms with E-state index in [1.165, 1.54) is 24.4 Å². The van der Waals surface area contributed by atoms with Gasteiger partial charge in [0.05, 0.1) is 18.7 Å². The predicted molar refractivity (Wildman–Crippen MR) is 113 cm³/mol. The van der Waals surface area contributed by atoms with Crippen LogP contribution in [0.3, 0.4) is 0 Å². The van der Waals surface area contributed by atoms with Crippen LogP contribution in [0.5, 0.6) is 11.5 Å². The molecule has 0 saturated heterocycles. The quantitative estimate of drug-likeness (QED) is 0.276. The minimum atomic E-state index is -0.538. The van der Waals surface area contributed by atoms with Crippen LogP contribution >= 0.6 is 0 Å². The Hall–Kier alpha value is -4.13. The van der Waals surface area contributed by atoms with Crippen LogP contribution in [0.15, 0.2) is 84.0 Å². The second-order valence-corrected chi connectivity index (χ2v) is 6.51. The topological polar surface area (TPSA) is 111 Å². The smallest absolute Gasteiger partial charge is 0.259 e. The van der Waals surface area contributed by atoms with Crippen molar-refractivity contribution in [2.45, 2.75) is 5.92 Å². The third kappa shape index (κ3) is 5.45. The lowest BCUT2D eigenvalue weighted by molar-refractivity contribution is -0.126. The number of nitrogens with one attached hydrogen (secondary N) is 2. The summed E-state index contributed by atoms with van der Waals surface area (Å²) >= 11 is 0. The van der Waals surface area contributed by atoms with Gasteiger partial charge in [0.15, 0.2) is 11.5 Å². The molecule has 0 fully saturated rings. The van der Waals surface area contributed by atoms with Crippen LogP contribution < -0.4 is 10.7 Å². The molecule has 4 N–H and O–H groups in total. The first-order chi connectivity index (χ1) is 14.5. The molecule has 0 spiro atoms. The molecule has 0 unspecified atom stereocenters. The Morgan fingerprint density at radius 3 is 2.03 bits per heavy atom. The standard InChI is InChI=1S/C23H21N3O4/c27-19-12-11-16(13-20(19)28)14-25-26-21(29)15-24-23(30)22(17-7-3-1-4-8-17)18-9-5-2-6-10-18/h1-14,22,27-28H,15H2,(H,24,30)(H,26,29). The fraction of sp³-hybridized carbons (Fsp3) is 0.0870. The van der Waals surface area contributed by atoms with Gasteiger partial charge in [-0.15, -0.1) is 0 Å². The summed E-state index contributed by atoms with van der Waals surface area (Å²) in [4.78, 5) is 24.9. The molecular weight excluding hydrogens is 382 g/mol. The summed E-state index contributed by atoms with van der Waals surface area (Å²) in [5.74, 6) is -1.86. The van der Waals surface area contributed by atoms with E-state index in [9.17, 15) is 19.8 Å². The van der Waals surface area contributed by atoms with Crippen LogP contribution in [0, 0.1) is 0 Å². The normalized spacial score (nSPS) is 10.8. The molecule has 0 aliphatic carbocycles. The van der Waals surface area contributed by atoms with E-state index in [0.29, 0.717) is 5.56 Å². The average molecular weight is 403 g/mol. The van der Waals surface area contributed by atoms with Gasteiger partial charge in [-0.2, -0.15) is 5.10 Å². The number of rotatable bonds is 7. The van der Waals surface area contributed by atoms with E-state index in [-0.39, 0.29) is 24.0 Å². The van der Waals surface area contributed by atoms with Crippen LogP contribution in [-0.2, 0) is 9.59 Å². The van der Waals surface area contributed by atoms with Gasteiger partial charge in [0.1, 0.15) is 0 Å². The SMILES string of the molecule is O=C(CNC(=O)C(c1ccccc1)c1ccccc1)NN=Cc1ccc(O)c(O)c1. The Labute approximate surface area is 173 Å². The van der Waals surface area contributed by atoms with Gasteiger partial charge in [-0.05, 0) is 34.9 Å². The fourth-order valence-electron chi connectivity index (χ4n) is 2.89. The van der Waals surface area contributed by atoms with E-state index < -0.39 is 11.8 Å². The molecule has 0 heterocycles. The van der Waals surface area contributed by atoms with Crippen molar-refractivity contribution < 1.29 is 19.8 Å². The highest BCUT2D eigenvalue weighted by molar-refractivity contribution is 5.91. The largest absolute Gasteiger partial charge is 0.504 e. The molecule has 30 heavy (non-hydrogen) atoms. The molecule has 7 nitrogen and oxygen atoms in total. The maximum Gasteiger partial charge on any atom is 0.259 e. The monoisotopic (exact) mass is 403 g/mol. The van der Waals surface area contributed by atoms with E-state index >= 15 is 0 Å². The summed E-state index contributed by atoms with van der Waals surface area (Å²) in [7, 11) is 0. The van der Waals surface area contributed by atoms with Crippen LogP contribution in [0.25, 0.3) is 0 Å². The van der Waals surface area contributed by atoms with Gasteiger partial charge in [-0.3, -0.25) is 9.59 Å². The number of carbonyl (C=O) groups excluding carboxylic acids is 2. The number of amides is 2. The lowest BCUT2D eigenvalue weighted by atomic mass is 9.90. The first-order valence-corrected chi connectivity index (χ1v) is 9.26. The van der Waals surface area contributed by atoms with E-state index in [4.69, 9.17) is 0 Å². The van der Waals surface area contributed by atoms with Crippen molar-refractivity contribution in [3.63, 3.8) is 0 Å². The van der Waals surface area contributed by atoms with Crippen molar-refractivity contribution >= 4 is 18.0 Å². The molecule has 3 aromatic carbocycles. The van der Waals surface area contributed by atoms with Gasteiger partial charge in [-0.1, -0.05) is 60.7 Å². The first kappa shape index (κ1) is 20.6. The molecular formula is C23H21N3O4. The lowest BCUT2D eigenvalue weighted by Crippen LogP contribution is -2.37. The Bertz CT molecular complexity index is 997. The Kier molecular flexibility index (Phi) is 6.78. The van der Waals surface area contributed by atoms with Gasteiger partial charge in [-0.25, -0.2) is 5.43 Å². The second kappa shape index (κ2) is 9.88. The van der Waals surface area contributed by atoms with E-state index in [1.54, 1.807) is 0 Å². The van der Waals surface area contributed by atoms with E-state index in [2.05, 4.69) is 15.8 Å². The molecule has 0 atom stereocenters. The van der Waals surface area contributed by atoms with Crippen molar-refractivity contribution in [1.82, 2.24) is 10.7 Å². The zero-order valence-corrected chi connectivity index (χ0v) is 16.0. The number of hydrazone groups is 1. The first-order valence-electron chi connectivity index (χ1n) is 9.26. The van der Waals surface area contributed by atoms with Gasteiger partial charge in [0.2, 0.25) is 5.91 Å². The summed E-state index contributed by atoms with van der Waals surface area (Å²) in [6.45, 7) is -0.243. The summed E-state index contributed by atoms with van der Waals surface area (Å²) in [5, 5.41) is 25.2. The van der Waals surface area contributed by atoms with Crippen molar-refractivity contribution in [2.24, 2.45) is 5.10 Å². The zero-order valence-electron chi connectivity index (χ0n) is 16.0. The number of phenols is 2. The highest BCUT2D eigenvalue weighted by Gasteiger charge is 2.22. The maximum absolute atomic E-state index is 12.8. The van der Waals surface area contributed by atoms with Crippen molar-refractivity contribution in [1.29, 1.82) is 0 Å². The molecule has 0 saturated carbocycles. The van der Waals surface area contributed by atoms with Crippen molar-refractivity contribution in [3.05, 3.63) is 95.6 Å². The summed E-state index contributed by atoms with van der Waals surface area (Å²) in [6.07, 6.45) is 1.32. The molecule has 0 bridgehead atoms. The highest BCUT2D eigenvalue weighted by Crippen LogP contribution is 2.25. The molecule has 0 aliphatic heterocycles. The van der Waals surface area contributed by atoms with Gasteiger partial charge in [0, 0.05) is 0 Å². The molecule has 0 radical (unpaired) electrons. The molecule has 152 valence electrons. The van der Waals surface area contributed by atoms with Gasteiger partial charge in [0.25, 0.3) is 5.91 Å². The number of nitrogens with zero attached hydrogens (tertiary/aromatic N) is 1. The number of benzene rings is 3. The number of hydrogen-bond acceptors (Lipinski definition) is 5. The second-order valence-electron chi connectivity index (χ2n) is 6.51. The number of carbonyl (C=O) groups is 2. The highest BCUT2D eigenvalue weighted by atomic mass is 16.3. The van der Waals surface area contributed by atoms with Crippen LogP contribution in [-0.4, -0.2) is 34.8 Å². The molecule has 0 aromatic heterocycles. The summed E-state index contributed by atoms with van der Waals surface area (Å²) < 4.78 is 0. The Balaban J connectivity index is 1.60. The van der Waals surface area contributed by atoms with E-state index in [1.807, 2.05) is 60.7 Å². The summed E-state index contributed by atoms with van der Waals surface area (Å²) in [6, 6.07) is 22.8. The number of hydrogen-bond donors (Lipinski definition) is 4. The van der Waals surface area contributed by atoms with Gasteiger partial charge >= 0.3 is 0 Å². The maximum atomic E-state index is 12.8. The number of phenolic OH excluding ortho intramolecular Hbond substituents is 2.